The van der Waals surface area contributed by atoms with E-state index in [4.69, 9.17) is 0 Å². The first kappa shape index (κ1) is 12.9. The van der Waals surface area contributed by atoms with Crippen LogP contribution in [0, 0.1) is 0 Å². The fourth-order valence-electron chi connectivity index (χ4n) is 1.87. The normalized spacial score (nSPS) is 15.8. The zero-order valence-corrected chi connectivity index (χ0v) is 10.6. The Kier molecular flexibility index (Phi) is 3.37. The number of aliphatic imine (C=N–C) groups is 1. The minimum atomic E-state index is -0.363. The van der Waals surface area contributed by atoms with Gasteiger partial charge in [0.1, 0.15) is 0 Å². The largest absolute Gasteiger partial charge is 0.323 e. The molecule has 0 saturated carbocycles. The standard InChI is InChI=1S/C14H12N2O3/c1-8(17)15-12-7-13(16-9(2)18)14(19)11-6-4-3-5-10(11)12/h3-7H,1-2H3,(H,16,18). The maximum atomic E-state index is 12.2. The smallest absolute Gasteiger partial charge is 0.243 e. The number of benzene rings is 1. The molecule has 0 spiro atoms. The van der Waals surface area contributed by atoms with Crippen LogP contribution in [0.4, 0.5) is 0 Å². The van der Waals surface area contributed by atoms with E-state index in [-0.39, 0.29) is 23.3 Å². The second-order valence-electron chi connectivity index (χ2n) is 4.13. The van der Waals surface area contributed by atoms with Crippen LogP contribution in [0.25, 0.3) is 0 Å². The van der Waals surface area contributed by atoms with Crippen molar-refractivity contribution in [3.63, 3.8) is 0 Å². The zero-order chi connectivity index (χ0) is 14.0. The van der Waals surface area contributed by atoms with Gasteiger partial charge in [-0.1, -0.05) is 24.3 Å². The Morgan fingerprint density at radius 2 is 1.74 bits per heavy atom. The van der Waals surface area contributed by atoms with Crippen LogP contribution >= 0.6 is 0 Å². The summed E-state index contributed by atoms with van der Waals surface area (Å²) in [6.07, 6.45) is 1.42. The number of ketones is 1. The minimum Gasteiger partial charge on any atom is -0.323 e. The average molecular weight is 256 g/mol. The third-order valence-electron chi connectivity index (χ3n) is 2.56. The van der Waals surface area contributed by atoms with E-state index in [0.717, 1.165) is 0 Å². The first-order chi connectivity index (χ1) is 8.99. The Labute approximate surface area is 110 Å². The lowest BCUT2D eigenvalue weighted by Crippen LogP contribution is -2.30. The highest BCUT2D eigenvalue weighted by Crippen LogP contribution is 2.20. The van der Waals surface area contributed by atoms with E-state index in [0.29, 0.717) is 16.8 Å². The third kappa shape index (κ3) is 2.65. The molecule has 0 aromatic heterocycles. The van der Waals surface area contributed by atoms with E-state index in [9.17, 15) is 14.4 Å². The van der Waals surface area contributed by atoms with Gasteiger partial charge in [-0.25, -0.2) is 4.99 Å². The number of hydrogen-bond acceptors (Lipinski definition) is 3. The quantitative estimate of drug-likeness (QED) is 0.821. The summed E-state index contributed by atoms with van der Waals surface area (Å²) in [6.45, 7) is 2.65. The topological polar surface area (TPSA) is 75.6 Å². The lowest BCUT2D eigenvalue weighted by atomic mass is 9.92. The number of amides is 2. The van der Waals surface area contributed by atoms with Crippen molar-refractivity contribution in [3.05, 3.63) is 47.2 Å². The summed E-state index contributed by atoms with van der Waals surface area (Å²) in [7, 11) is 0. The maximum Gasteiger partial charge on any atom is 0.243 e. The molecule has 5 nitrogen and oxygen atoms in total. The van der Waals surface area contributed by atoms with Gasteiger partial charge in [-0.15, -0.1) is 0 Å². The lowest BCUT2D eigenvalue weighted by molar-refractivity contribution is -0.118. The monoisotopic (exact) mass is 256 g/mol. The second-order valence-corrected chi connectivity index (χ2v) is 4.13. The molecule has 1 aliphatic carbocycles. The average Bonchev–Trinajstić information content (AvgIpc) is 2.34. The molecule has 0 saturated heterocycles. The van der Waals surface area contributed by atoms with Gasteiger partial charge in [0.25, 0.3) is 0 Å². The van der Waals surface area contributed by atoms with Crippen LogP contribution in [0.1, 0.15) is 29.8 Å². The van der Waals surface area contributed by atoms with Crippen molar-refractivity contribution in [2.24, 2.45) is 4.99 Å². The molecule has 0 radical (unpaired) electrons. The molecular weight excluding hydrogens is 244 g/mol. The number of carbonyl (C=O) groups is 3. The molecule has 1 N–H and O–H groups in total. The molecule has 0 unspecified atom stereocenters. The van der Waals surface area contributed by atoms with E-state index in [1.807, 2.05) is 0 Å². The molecule has 1 aliphatic rings. The number of allylic oxidation sites excluding steroid dienone is 2. The molecule has 2 amide bonds. The number of nitrogens with one attached hydrogen (secondary N) is 1. The Morgan fingerprint density at radius 3 is 2.32 bits per heavy atom. The zero-order valence-electron chi connectivity index (χ0n) is 10.6. The molecule has 0 fully saturated rings. The van der Waals surface area contributed by atoms with Crippen molar-refractivity contribution >= 4 is 23.3 Å². The van der Waals surface area contributed by atoms with E-state index in [1.165, 1.54) is 19.9 Å². The molecule has 0 heterocycles. The van der Waals surface area contributed by atoms with Crippen LogP contribution in [0.5, 0.6) is 0 Å². The van der Waals surface area contributed by atoms with E-state index < -0.39 is 0 Å². The summed E-state index contributed by atoms with van der Waals surface area (Å²) in [6, 6.07) is 6.84. The fraction of sp³-hybridized carbons (Fsp3) is 0.143. The van der Waals surface area contributed by atoms with Gasteiger partial charge in [-0.05, 0) is 6.08 Å². The van der Waals surface area contributed by atoms with Crippen LogP contribution in [0.15, 0.2) is 41.0 Å². The van der Waals surface area contributed by atoms with Crippen molar-refractivity contribution in [1.29, 1.82) is 0 Å². The highest BCUT2D eigenvalue weighted by Gasteiger charge is 2.24. The maximum absolute atomic E-state index is 12.2. The van der Waals surface area contributed by atoms with Crippen molar-refractivity contribution < 1.29 is 14.4 Å². The van der Waals surface area contributed by atoms with E-state index >= 15 is 0 Å². The summed E-state index contributed by atoms with van der Waals surface area (Å²) in [5.74, 6) is -0.993. The number of nitrogens with zero attached hydrogens (tertiary/aromatic N) is 1. The summed E-state index contributed by atoms with van der Waals surface area (Å²) >= 11 is 0. The summed E-state index contributed by atoms with van der Waals surface area (Å²) in [5.41, 5.74) is 1.53. The second kappa shape index (κ2) is 4.97. The van der Waals surface area contributed by atoms with E-state index in [2.05, 4.69) is 10.3 Å². The predicted molar refractivity (Wildman–Crippen MR) is 69.9 cm³/mol. The Bertz CT molecular complexity index is 642. The SMILES string of the molecule is CC(=O)N=C1C=C(NC(C)=O)C(=O)c2ccccc21. The molecule has 19 heavy (non-hydrogen) atoms. The van der Waals surface area contributed by atoms with Crippen molar-refractivity contribution in [1.82, 2.24) is 5.32 Å². The van der Waals surface area contributed by atoms with Crippen LogP contribution in [-0.4, -0.2) is 23.3 Å². The van der Waals surface area contributed by atoms with Crippen LogP contribution in [-0.2, 0) is 9.59 Å². The molecular formula is C14H12N2O3. The number of rotatable bonds is 1. The Hall–Kier alpha value is -2.56. The predicted octanol–water partition coefficient (Wildman–Crippen LogP) is 1.24. The highest BCUT2D eigenvalue weighted by atomic mass is 16.2. The van der Waals surface area contributed by atoms with Crippen LogP contribution in [0.3, 0.4) is 0 Å². The molecule has 1 aromatic carbocycles. The molecule has 5 heteroatoms. The van der Waals surface area contributed by atoms with Gasteiger partial charge in [0, 0.05) is 25.0 Å². The van der Waals surface area contributed by atoms with Gasteiger partial charge in [0.05, 0.1) is 11.4 Å². The Balaban J connectivity index is 2.58. The van der Waals surface area contributed by atoms with Gasteiger partial charge in [0.2, 0.25) is 17.6 Å². The van der Waals surface area contributed by atoms with Crippen LogP contribution in [0.2, 0.25) is 0 Å². The minimum absolute atomic E-state index is 0.131. The molecule has 1 aromatic rings. The number of carbonyl (C=O) groups excluding carboxylic acids is 3. The lowest BCUT2D eigenvalue weighted by Gasteiger charge is -2.17. The molecule has 2 rings (SSSR count). The number of Topliss-reactive ketones (excluding diaryl/α,β-unsaturated/α-hetero) is 1. The summed E-state index contributed by atoms with van der Waals surface area (Å²) in [4.78, 5) is 38.3. The third-order valence-corrected chi connectivity index (χ3v) is 2.56. The molecule has 0 atom stereocenters. The van der Waals surface area contributed by atoms with Crippen molar-refractivity contribution in [2.75, 3.05) is 0 Å². The van der Waals surface area contributed by atoms with Crippen molar-refractivity contribution in [3.8, 4) is 0 Å². The van der Waals surface area contributed by atoms with Gasteiger partial charge in [-0.3, -0.25) is 14.4 Å². The summed E-state index contributed by atoms with van der Waals surface area (Å²) in [5, 5.41) is 2.46. The van der Waals surface area contributed by atoms with Gasteiger partial charge < -0.3 is 5.32 Å². The first-order valence-electron chi connectivity index (χ1n) is 5.71. The summed E-state index contributed by atoms with van der Waals surface area (Å²) < 4.78 is 0. The van der Waals surface area contributed by atoms with E-state index in [1.54, 1.807) is 24.3 Å². The first-order valence-corrected chi connectivity index (χ1v) is 5.71. The van der Waals surface area contributed by atoms with Gasteiger partial charge >= 0.3 is 0 Å². The fourth-order valence-corrected chi connectivity index (χ4v) is 1.87. The van der Waals surface area contributed by atoms with Crippen molar-refractivity contribution in [2.45, 2.75) is 13.8 Å². The van der Waals surface area contributed by atoms with Gasteiger partial charge in [-0.2, -0.15) is 0 Å². The molecule has 0 aliphatic heterocycles. The Morgan fingerprint density at radius 1 is 1.11 bits per heavy atom. The number of hydrogen-bond donors (Lipinski definition) is 1. The molecule has 96 valence electrons. The van der Waals surface area contributed by atoms with Gasteiger partial charge in [0.15, 0.2) is 0 Å². The molecule has 0 bridgehead atoms. The highest BCUT2D eigenvalue weighted by molar-refractivity contribution is 6.27. The number of fused-ring (bicyclic) bond motifs is 1. The van der Waals surface area contributed by atoms with Crippen LogP contribution < -0.4 is 5.32 Å².